The van der Waals surface area contributed by atoms with E-state index in [0.29, 0.717) is 12.0 Å². The highest BCUT2D eigenvalue weighted by Gasteiger charge is 2.23. The van der Waals surface area contributed by atoms with E-state index in [-0.39, 0.29) is 0 Å². The van der Waals surface area contributed by atoms with Gasteiger partial charge < -0.3 is 9.73 Å². The molecule has 2 aromatic rings. The molecule has 3 rings (SSSR count). The maximum atomic E-state index is 5.56. The second kappa shape index (κ2) is 5.12. The van der Waals surface area contributed by atoms with Gasteiger partial charge in [-0.15, -0.1) is 0 Å². The zero-order chi connectivity index (χ0) is 13.2. The zero-order valence-corrected chi connectivity index (χ0v) is 11.6. The Hall–Kier alpha value is -1.70. The number of nitrogens with one attached hydrogen (secondary N) is 1. The van der Waals surface area contributed by atoms with Gasteiger partial charge in [0.25, 0.3) is 0 Å². The van der Waals surface area contributed by atoms with Crippen LogP contribution < -0.4 is 5.32 Å². The minimum Gasteiger partial charge on any atom is -0.469 e. The number of para-hydroxylation sites is 1. The Morgan fingerprint density at radius 3 is 2.89 bits per heavy atom. The molecule has 0 fully saturated rings. The molecule has 1 aromatic carbocycles. The maximum Gasteiger partial charge on any atom is 0.109 e. The van der Waals surface area contributed by atoms with Crippen molar-refractivity contribution in [1.29, 1.82) is 0 Å². The van der Waals surface area contributed by atoms with E-state index in [0.717, 1.165) is 12.2 Å². The van der Waals surface area contributed by atoms with Gasteiger partial charge in [-0.25, -0.2) is 0 Å². The van der Waals surface area contributed by atoms with Crippen molar-refractivity contribution >= 4 is 5.69 Å². The minimum atomic E-state index is 0.391. The molecule has 0 saturated heterocycles. The monoisotopic (exact) mass is 255 g/mol. The molecule has 0 amide bonds. The Bertz CT molecular complexity index is 556. The standard InChI is InChI=1S/C17H21NO/c1-12(2)13-6-3-4-7-15(13)18-16-8-5-9-17-14(16)10-11-19-17/h3-4,6-7,10-12,16,18H,5,8-9H2,1-2H3. The molecular weight excluding hydrogens is 234 g/mol. The Labute approximate surface area is 114 Å². The predicted octanol–water partition coefficient (Wildman–Crippen LogP) is 4.89. The first-order valence-corrected chi connectivity index (χ1v) is 7.17. The summed E-state index contributed by atoms with van der Waals surface area (Å²) in [5.74, 6) is 1.70. The number of anilines is 1. The Morgan fingerprint density at radius 2 is 2.05 bits per heavy atom. The normalized spacial score (nSPS) is 18.4. The first-order valence-electron chi connectivity index (χ1n) is 7.17. The largest absolute Gasteiger partial charge is 0.469 e. The third kappa shape index (κ3) is 2.40. The van der Waals surface area contributed by atoms with E-state index in [9.17, 15) is 0 Å². The fraction of sp³-hybridized carbons (Fsp3) is 0.412. The van der Waals surface area contributed by atoms with Crippen molar-refractivity contribution in [2.45, 2.75) is 45.1 Å². The van der Waals surface area contributed by atoms with Crippen LogP contribution in [-0.2, 0) is 6.42 Å². The zero-order valence-electron chi connectivity index (χ0n) is 11.6. The summed E-state index contributed by atoms with van der Waals surface area (Å²) in [7, 11) is 0. The molecule has 1 N–H and O–H groups in total. The van der Waals surface area contributed by atoms with E-state index in [2.05, 4.69) is 49.5 Å². The summed E-state index contributed by atoms with van der Waals surface area (Å²) in [5, 5.41) is 3.71. The lowest BCUT2D eigenvalue weighted by atomic mass is 9.92. The Morgan fingerprint density at radius 1 is 1.21 bits per heavy atom. The fourth-order valence-electron chi connectivity index (χ4n) is 2.96. The van der Waals surface area contributed by atoms with Crippen LogP contribution in [0.5, 0.6) is 0 Å². The number of benzene rings is 1. The van der Waals surface area contributed by atoms with E-state index in [1.807, 2.05) is 6.26 Å². The van der Waals surface area contributed by atoms with Gasteiger partial charge in [-0.05, 0) is 36.5 Å². The number of rotatable bonds is 3. The van der Waals surface area contributed by atoms with Crippen molar-refractivity contribution in [3.8, 4) is 0 Å². The van der Waals surface area contributed by atoms with Gasteiger partial charge >= 0.3 is 0 Å². The maximum absolute atomic E-state index is 5.56. The fourth-order valence-corrected chi connectivity index (χ4v) is 2.96. The van der Waals surface area contributed by atoms with Crippen LogP contribution in [0.2, 0.25) is 0 Å². The summed E-state index contributed by atoms with van der Waals surface area (Å²) in [5.41, 5.74) is 3.99. The van der Waals surface area contributed by atoms with Gasteiger partial charge in [0, 0.05) is 17.7 Å². The van der Waals surface area contributed by atoms with Gasteiger partial charge in [-0.1, -0.05) is 32.0 Å². The molecule has 1 atom stereocenters. The average molecular weight is 255 g/mol. The average Bonchev–Trinajstić information content (AvgIpc) is 2.88. The summed E-state index contributed by atoms with van der Waals surface area (Å²) in [6, 6.07) is 11.1. The van der Waals surface area contributed by atoms with Crippen LogP contribution in [-0.4, -0.2) is 0 Å². The van der Waals surface area contributed by atoms with Crippen LogP contribution in [0.25, 0.3) is 0 Å². The van der Waals surface area contributed by atoms with Crippen LogP contribution in [0.1, 0.15) is 55.5 Å². The third-order valence-electron chi connectivity index (χ3n) is 3.96. The van der Waals surface area contributed by atoms with E-state index in [4.69, 9.17) is 4.42 Å². The van der Waals surface area contributed by atoms with Crippen LogP contribution in [0.3, 0.4) is 0 Å². The molecule has 1 heterocycles. The van der Waals surface area contributed by atoms with E-state index >= 15 is 0 Å². The Balaban J connectivity index is 1.88. The van der Waals surface area contributed by atoms with Gasteiger partial charge in [0.05, 0.1) is 12.3 Å². The van der Waals surface area contributed by atoms with Gasteiger partial charge in [-0.3, -0.25) is 0 Å². The molecule has 100 valence electrons. The summed E-state index contributed by atoms with van der Waals surface area (Å²) in [6.07, 6.45) is 5.27. The van der Waals surface area contributed by atoms with Crippen molar-refractivity contribution < 1.29 is 4.42 Å². The van der Waals surface area contributed by atoms with Crippen molar-refractivity contribution in [1.82, 2.24) is 0 Å². The minimum absolute atomic E-state index is 0.391. The summed E-state index contributed by atoms with van der Waals surface area (Å²) in [6.45, 7) is 4.48. The summed E-state index contributed by atoms with van der Waals surface area (Å²) >= 11 is 0. The SMILES string of the molecule is CC(C)c1ccccc1NC1CCCc2occc21. The summed E-state index contributed by atoms with van der Waals surface area (Å²) in [4.78, 5) is 0. The lowest BCUT2D eigenvalue weighted by Gasteiger charge is -2.25. The van der Waals surface area contributed by atoms with Gasteiger partial charge in [0.1, 0.15) is 5.76 Å². The number of aryl methyl sites for hydroxylation is 1. The summed E-state index contributed by atoms with van der Waals surface area (Å²) < 4.78 is 5.56. The number of hydrogen-bond donors (Lipinski definition) is 1. The van der Waals surface area contributed by atoms with Gasteiger partial charge in [0.2, 0.25) is 0 Å². The van der Waals surface area contributed by atoms with Crippen molar-refractivity contribution in [3.05, 3.63) is 53.5 Å². The second-order valence-electron chi connectivity index (χ2n) is 5.63. The van der Waals surface area contributed by atoms with E-state index in [1.54, 1.807) is 0 Å². The van der Waals surface area contributed by atoms with Gasteiger partial charge in [-0.2, -0.15) is 0 Å². The highest BCUT2D eigenvalue weighted by atomic mass is 16.3. The quantitative estimate of drug-likeness (QED) is 0.844. The third-order valence-corrected chi connectivity index (χ3v) is 3.96. The highest BCUT2D eigenvalue weighted by molar-refractivity contribution is 5.54. The molecule has 2 heteroatoms. The molecule has 0 aliphatic heterocycles. The highest BCUT2D eigenvalue weighted by Crippen LogP contribution is 2.35. The molecule has 1 unspecified atom stereocenters. The lowest BCUT2D eigenvalue weighted by molar-refractivity contribution is 0.461. The molecule has 0 spiro atoms. The van der Waals surface area contributed by atoms with Crippen LogP contribution in [0.15, 0.2) is 41.0 Å². The number of fused-ring (bicyclic) bond motifs is 1. The van der Waals surface area contributed by atoms with Crippen LogP contribution >= 0.6 is 0 Å². The molecule has 1 aromatic heterocycles. The predicted molar refractivity (Wildman–Crippen MR) is 78.5 cm³/mol. The lowest BCUT2D eigenvalue weighted by Crippen LogP contribution is -2.16. The smallest absolute Gasteiger partial charge is 0.109 e. The van der Waals surface area contributed by atoms with E-state index < -0.39 is 0 Å². The first kappa shape index (κ1) is 12.3. The topological polar surface area (TPSA) is 25.2 Å². The molecule has 1 aliphatic rings. The van der Waals surface area contributed by atoms with Crippen molar-refractivity contribution in [2.24, 2.45) is 0 Å². The second-order valence-corrected chi connectivity index (χ2v) is 5.63. The molecule has 0 radical (unpaired) electrons. The first-order chi connectivity index (χ1) is 9.25. The molecule has 0 bridgehead atoms. The number of hydrogen-bond acceptors (Lipinski definition) is 2. The van der Waals surface area contributed by atoms with Gasteiger partial charge in [0.15, 0.2) is 0 Å². The molecule has 2 nitrogen and oxygen atoms in total. The Kier molecular flexibility index (Phi) is 3.33. The number of furan rings is 1. The molecule has 19 heavy (non-hydrogen) atoms. The van der Waals surface area contributed by atoms with E-state index in [1.165, 1.54) is 29.7 Å². The van der Waals surface area contributed by atoms with Crippen LogP contribution in [0, 0.1) is 0 Å². The molecular formula is C17H21NO. The van der Waals surface area contributed by atoms with Crippen LogP contribution in [0.4, 0.5) is 5.69 Å². The van der Waals surface area contributed by atoms with Crippen molar-refractivity contribution in [3.63, 3.8) is 0 Å². The molecule has 1 aliphatic carbocycles. The van der Waals surface area contributed by atoms with Crippen molar-refractivity contribution in [2.75, 3.05) is 5.32 Å². The molecule has 0 saturated carbocycles.